The zero-order valence-electron chi connectivity index (χ0n) is 14.5. The molecule has 0 aliphatic carbocycles. The number of amides is 1. The van der Waals surface area contributed by atoms with E-state index in [1.807, 2.05) is 13.8 Å². The number of aliphatic carboxylic acids is 1. The van der Waals surface area contributed by atoms with E-state index < -0.39 is 21.9 Å². The molecule has 0 spiro atoms. The number of H-pyrrole nitrogens is 1. The lowest BCUT2D eigenvalue weighted by molar-refractivity contribution is -0.142. The Labute approximate surface area is 147 Å². The van der Waals surface area contributed by atoms with E-state index in [0.717, 1.165) is 12.8 Å². The summed E-state index contributed by atoms with van der Waals surface area (Å²) in [5, 5.41) is 9.20. The molecule has 2 rings (SSSR count). The first kappa shape index (κ1) is 19.5. The largest absolute Gasteiger partial charge is 0.481 e. The highest BCUT2D eigenvalue weighted by atomic mass is 32.2. The number of carbonyl (C=O) groups excluding carboxylic acids is 1. The van der Waals surface area contributed by atoms with Gasteiger partial charge in [-0.15, -0.1) is 0 Å². The van der Waals surface area contributed by atoms with E-state index in [4.69, 9.17) is 0 Å². The van der Waals surface area contributed by atoms with Crippen molar-refractivity contribution in [3.05, 3.63) is 18.0 Å². The fraction of sp³-hybridized carbons (Fsp3) is 0.625. The number of carboxylic acids is 1. The third-order valence-corrected chi connectivity index (χ3v) is 5.62. The maximum absolute atomic E-state index is 12.4. The Hall–Kier alpha value is -1.87. The molecule has 1 aromatic heterocycles. The molecular formula is C16H25N3O5S. The second kappa shape index (κ2) is 8.01. The summed E-state index contributed by atoms with van der Waals surface area (Å²) < 4.78 is 27.0. The van der Waals surface area contributed by atoms with Crippen molar-refractivity contribution in [1.82, 2.24) is 14.6 Å². The molecule has 0 bridgehead atoms. The molecule has 0 saturated carbocycles. The van der Waals surface area contributed by atoms with E-state index in [2.05, 4.69) is 9.71 Å². The van der Waals surface area contributed by atoms with E-state index >= 15 is 0 Å². The fourth-order valence-electron chi connectivity index (χ4n) is 2.88. The molecule has 1 atom stereocenters. The molecule has 1 fully saturated rings. The average molecular weight is 371 g/mol. The minimum absolute atomic E-state index is 0.0660. The van der Waals surface area contributed by atoms with Crippen LogP contribution in [-0.2, 0) is 14.8 Å². The van der Waals surface area contributed by atoms with E-state index in [0.29, 0.717) is 19.5 Å². The van der Waals surface area contributed by atoms with Gasteiger partial charge in [0.25, 0.3) is 5.91 Å². The zero-order chi connectivity index (χ0) is 18.6. The van der Waals surface area contributed by atoms with Crippen LogP contribution in [0.5, 0.6) is 0 Å². The number of sulfonamides is 1. The van der Waals surface area contributed by atoms with Gasteiger partial charge in [0.05, 0.1) is 5.92 Å². The standard InChI is InChI=1S/C16H25N3O5S/c1-11(2)7-12(16(21)22)9-18-25(23,24)13-8-14(17-10-13)15(20)19-5-3-4-6-19/h8,10-12,17-18H,3-7,9H2,1-2H3,(H,21,22). The lowest BCUT2D eigenvalue weighted by Crippen LogP contribution is -2.33. The van der Waals surface area contributed by atoms with E-state index in [1.165, 1.54) is 12.3 Å². The van der Waals surface area contributed by atoms with Crippen LogP contribution in [0.4, 0.5) is 0 Å². The normalized spacial score (nSPS) is 16.4. The van der Waals surface area contributed by atoms with Crippen LogP contribution in [-0.4, -0.2) is 54.9 Å². The summed E-state index contributed by atoms with van der Waals surface area (Å²) in [5.74, 6) is -1.90. The number of aromatic nitrogens is 1. The monoisotopic (exact) mass is 371 g/mol. The first-order valence-electron chi connectivity index (χ1n) is 8.41. The molecule has 3 N–H and O–H groups in total. The van der Waals surface area contributed by atoms with Gasteiger partial charge in [-0.25, -0.2) is 13.1 Å². The van der Waals surface area contributed by atoms with Gasteiger partial charge in [-0.05, 0) is 31.2 Å². The lowest BCUT2D eigenvalue weighted by Gasteiger charge is -2.15. The van der Waals surface area contributed by atoms with Crippen LogP contribution in [0, 0.1) is 11.8 Å². The summed E-state index contributed by atoms with van der Waals surface area (Å²) in [4.78, 5) is 27.8. The van der Waals surface area contributed by atoms with Crippen molar-refractivity contribution in [2.24, 2.45) is 11.8 Å². The average Bonchev–Trinajstić information content (AvgIpc) is 3.21. The molecular weight excluding hydrogens is 346 g/mol. The van der Waals surface area contributed by atoms with Gasteiger partial charge in [0.1, 0.15) is 10.6 Å². The maximum atomic E-state index is 12.4. The molecule has 2 heterocycles. The fourth-order valence-corrected chi connectivity index (χ4v) is 3.95. The van der Waals surface area contributed by atoms with E-state index in [-0.39, 0.29) is 29.0 Å². The number of carboxylic acid groups (broad SMARTS) is 1. The Kier molecular flexibility index (Phi) is 6.23. The van der Waals surface area contributed by atoms with Crippen LogP contribution in [0.3, 0.4) is 0 Å². The van der Waals surface area contributed by atoms with Gasteiger partial charge in [0.2, 0.25) is 10.0 Å². The van der Waals surface area contributed by atoms with E-state index in [1.54, 1.807) is 4.90 Å². The van der Waals surface area contributed by atoms with Crippen LogP contribution in [0.25, 0.3) is 0 Å². The van der Waals surface area contributed by atoms with Crippen LogP contribution in [0.15, 0.2) is 17.2 Å². The minimum Gasteiger partial charge on any atom is -0.481 e. The maximum Gasteiger partial charge on any atom is 0.307 e. The Morgan fingerprint density at radius 1 is 1.32 bits per heavy atom. The molecule has 140 valence electrons. The summed E-state index contributed by atoms with van der Waals surface area (Å²) in [7, 11) is -3.88. The molecule has 0 aromatic carbocycles. The molecule has 1 amide bonds. The molecule has 1 aliphatic heterocycles. The molecule has 8 nitrogen and oxygen atoms in total. The molecule has 1 aromatic rings. The number of nitrogens with one attached hydrogen (secondary N) is 2. The Morgan fingerprint density at radius 3 is 2.52 bits per heavy atom. The van der Waals surface area contributed by atoms with Gasteiger partial charge in [0.15, 0.2) is 0 Å². The van der Waals surface area contributed by atoms with Gasteiger partial charge >= 0.3 is 5.97 Å². The number of likely N-dealkylation sites (tertiary alicyclic amines) is 1. The highest BCUT2D eigenvalue weighted by molar-refractivity contribution is 7.89. The lowest BCUT2D eigenvalue weighted by atomic mass is 9.98. The summed E-state index contributed by atoms with van der Waals surface area (Å²) in [5.41, 5.74) is 0.222. The molecule has 0 radical (unpaired) electrons. The highest BCUT2D eigenvalue weighted by Gasteiger charge is 2.26. The Balaban J connectivity index is 2.04. The second-order valence-corrected chi connectivity index (χ2v) is 8.53. The van der Waals surface area contributed by atoms with Crippen molar-refractivity contribution < 1.29 is 23.1 Å². The SMILES string of the molecule is CC(C)CC(CNS(=O)(=O)c1c[nH]c(C(=O)N2CCCC2)c1)C(=O)O. The zero-order valence-corrected chi connectivity index (χ0v) is 15.3. The number of nitrogens with zero attached hydrogens (tertiary/aromatic N) is 1. The van der Waals surface area contributed by atoms with Crippen LogP contribution in [0.1, 0.15) is 43.6 Å². The topological polar surface area (TPSA) is 120 Å². The van der Waals surface area contributed by atoms with Crippen molar-refractivity contribution in [1.29, 1.82) is 0 Å². The van der Waals surface area contributed by atoms with Gasteiger partial charge in [0, 0.05) is 25.8 Å². The predicted octanol–water partition coefficient (Wildman–Crippen LogP) is 1.28. The number of aromatic amines is 1. The molecule has 1 unspecified atom stereocenters. The van der Waals surface area contributed by atoms with Crippen molar-refractivity contribution in [2.75, 3.05) is 19.6 Å². The summed E-state index contributed by atoms with van der Waals surface area (Å²) in [6, 6.07) is 1.29. The van der Waals surface area contributed by atoms with Gasteiger partial charge in [-0.2, -0.15) is 0 Å². The molecule has 9 heteroatoms. The first-order valence-corrected chi connectivity index (χ1v) is 9.89. The third kappa shape index (κ3) is 5.05. The quantitative estimate of drug-likeness (QED) is 0.636. The predicted molar refractivity (Wildman–Crippen MR) is 91.7 cm³/mol. The van der Waals surface area contributed by atoms with Gasteiger partial charge in [-0.1, -0.05) is 13.8 Å². The minimum atomic E-state index is -3.88. The smallest absolute Gasteiger partial charge is 0.307 e. The van der Waals surface area contributed by atoms with Crippen molar-refractivity contribution in [2.45, 2.75) is 38.0 Å². The van der Waals surface area contributed by atoms with Crippen molar-refractivity contribution >= 4 is 21.9 Å². The molecule has 1 saturated heterocycles. The van der Waals surface area contributed by atoms with Crippen molar-refractivity contribution in [3.8, 4) is 0 Å². The second-order valence-electron chi connectivity index (χ2n) is 6.76. The van der Waals surface area contributed by atoms with Gasteiger partial charge < -0.3 is 15.0 Å². The number of rotatable bonds is 8. The molecule has 25 heavy (non-hydrogen) atoms. The van der Waals surface area contributed by atoms with Gasteiger partial charge in [-0.3, -0.25) is 9.59 Å². The Bertz CT molecular complexity index is 720. The van der Waals surface area contributed by atoms with Crippen molar-refractivity contribution in [3.63, 3.8) is 0 Å². The third-order valence-electron chi connectivity index (χ3n) is 4.22. The summed E-state index contributed by atoms with van der Waals surface area (Å²) >= 11 is 0. The van der Waals surface area contributed by atoms with Crippen LogP contribution >= 0.6 is 0 Å². The van der Waals surface area contributed by atoms with Crippen LogP contribution < -0.4 is 4.72 Å². The number of hydrogen-bond donors (Lipinski definition) is 3. The van der Waals surface area contributed by atoms with E-state index in [9.17, 15) is 23.1 Å². The number of carbonyl (C=O) groups is 2. The summed E-state index contributed by atoms with van der Waals surface area (Å²) in [6.45, 7) is 4.93. The Morgan fingerprint density at radius 2 is 1.96 bits per heavy atom. The highest BCUT2D eigenvalue weighted by Crippen LogP contribution is 2.17. The molecule has 1 aliphatic rings. The first-order chi connectivity index (χ1) is 11.7. The number of hydrogen-bond acceptors (Lipinski definition) is 4. The summed E-state index contributed by atoms with van der Waals surface area (Å²) in [6.07, 6.45) is 3.53. The van der Waals surface area contributed by atoms with Crippen LogP contribution in [0.2, 0.25) is 0 Å².